The Labute approximate surface area is 130 Å². The first kappa shape index (κ1) is 15.8. The van der Waals surface area contributed by atoms with Gasteiger partial charge in [-0.15, -0.1) is 0 Å². The Balaban J connectivity index is 2.03. The Bertz CT molecular complexity index is 435. The van der Waals surface area contributed by atoms with Crippen LogP contribution in [0.2, 0.25) is 0 Å². The molecular weight excluding hydrogens is 260 g/mol. The average Bonchev–Trinajstić information content (AvgIpc) is 2.70. The summed E-state index contributed by atoms with van der Waals surface area (Å²) in [7, 11) is 0. The molecule has 0 amide bonds. The van der Waals surface area contributed by atoms with Crippen LogP contribution in [0.1, 0.15) is 74.1 Å². The van der Waals surface area contributed by atoms with Crippen LogP contribution in [-0.2, 0) is 4.74 Å². The van der Waals surface area contributed by atoms with E-state index in [1.165, 1.54) is 25.7 Å². The molecule has 1 spiro atoms. The monoisotopic (exact) mass is 294 g/mol. The molecule has 0 heterocycles. The number of fused-ring (bicyclic) bond motifs is 1. The molecule has 0 aliphatic heterocycles. The van der Waals surface area contributed by atoms with Crippen LogP contribution in [0.3, 0.4) is 0 Å². The van der Waals surface area contributed by atoms with Gasteiger partial charge >= 0.3 is 0 Å². The second kappa shape index (κ2) is 4.26. The summed E-state index contributed by atoms with van der Waals surface area (Å²) in [6.45, 7) is 15.6. The molecular formula is C19H34O2. The van der Waals surface area contributed by atoms with Gasteiger partial charge in [0.25, 0.3) is 0 Å². The molecule has 3 rings (SSSR count). The van der Waals surface area contributed by atoms with E-state index < -0.39 is 5.79 Å². The maximum absolute atomic E-state index is 10.3. The van der Waals surface area contributed by atoms with Crippen LogP contribution in [0.4, 0.5) is 0 Å². The molecule has 21 heavy (non-hydrogen) atoms. The van der Waals surface area contributed by atoms with E-state index in [0.717, 1.165) is 11.8 Å². The van der Waals surface area contributed by atoms with Gasteiger partial charge in [-0.25, -0.2) is 0 Å². The first-order valence-corrected chi connectivity index (χ1v) is 8.86. The van der Waals surface area contributed by atoms with E-state index in [2.05, 4.69) is 34.6 Å². The Morgan fingerprint density at radius 1 is 0.952 bits per heavy atom. The van der Waals surface area contributed by atoms with Crippen molar-refractivity contribution in [2.45, 2.75) is 85.5 Å². The summed E-state index contributed by atoms with van der Waals surface area (Å²) in [5.74, 6) is 1.69. The molecule has 6 atom stereocenters. The first-order chi connectivity index (χ1) is 9.43. The third-order valence-electron chi connectivity index (χ3n) is 7.77. The van der Waals surface area contributed by atoms with E-state index in [9.17, 15) is 5.11 Å². The fourth-order valence-corrected chi connectivity index (χ4v) is 6.87. The SMILES string of the molecule is CC1C[C@@]23C[C@H](C(C)(C)[C@@H]2CC[C@H]3C)[C@@]1(C)OC(C)(C)O. The third kappa shape index (κ3) is 1.97. The molecule has 0 aromatic rings. The molecule has 122 valence electrons. The van der Waals surface area contributed by atoms with Gasteiger partial charge in [-0.3, -0.25) is 0 Å². The van der Waals surface area contributed by atoms with Crippen molar-refractivity contribution in [2.24, 2.45) is 34.5 Å². The summed E-state index contributed by atoms with van der Waals surface area (Å²) in [4.78, 5) is 0. The quantitative estimate of drug-likeness (QED) is 0.754. The van der Waals surface area contributed by atoms with E-state index in [1.54, 1.807) is 13.8 Å². The Morgan fingerprint density at radius 2 is 1.57 bits per heavy atom. The van der Waals surface area contributed by atoms with Gasteiger partial charge in [0.1, 0.15) is 0 Å². The molecule has 3 aliphatic carbocycles. The maximum atomic E-state index is 10.3. The van der Waals surface area contributed by atoms with Crippen molar-refractivity contribution in [1.82, 2.24) is 0 Å². The highest BCUT2D eigenvalue weighted by Crippen LogP contribution is 2.74. The number of aliphatic hydroxyl groups is 1. The second-order valence-corrected chi connectivity index (χ2v) is 9.68. The molecule has 2 bridgehead atoms. The van der Waals surface area contributed by atoms with E-state index in [1.807, 2.05) is 0 Å². The van der Waals surface area contributed by atoms with Crippen LogP contribution in [0, 0.1) is 34.5 Å². The van der Waals surface area contributed by atoms with Crippen molar-refractivity contribution in [1.29, 1.82) is 0 Å². The summed E-state index contributed by atoms with van der Waals surface area (Å²) in [6.07, 6.45) is 5.35. The van der Waals surface area contributed by atoms with E-state index in [-0.39, 0.29) is 5.60 Å². The van der Waals surface area contributed by atoms with Crippen LogP contribution in [0.15, 0.2) is 0 Å². The molecule has 3 saturated carbocycles. The zero-order valence-corrected chi connectivity index (χ0v) is 15.0. The molecule has 3 aliphatic rings. The number of rotatable bonds is 2. The Kier molecular flexibility index (Phi) is 3.20. The molecule has 2 heteroatoms. The van der Waals surface area contributed by atoms with E-state index in [0.29, 0.717) is 22.7 Å². The lowest BCUT2D eigenvalue weighted by molar-refractivity contribution is -0.285. The predicted octanol–water partition coefficient (Wildman–Crippen LogP) is 4.61. The van der Waals surface area contributed by atoms with Gasteiger partial charge < -0.3 is 9.84 Å². The molecule has 0 aromatic heterocycles. The largest absolute Gasteiger partial charge is 0.366 e. The fourth-order valence-electron chi connectivity index (χ4n) is 6.87. The summed E-state index contributed by atoms with van der Waals surface area (Å²) in [5.41, 5.74) is 0.641. The van der Waals surface area contributed by atoms with Crippen molar-refractivity contribution >= 4 is 0 Å². The summed E-state index contributed by atoms with van der Waals surface area (Å²) in [6, 6.07) is 0. The van der Waals surface area contributed by atoms with Crippen molar-refractivity contribution in [3.8, 4) is 0 Å². The lowest BCUT2D eigenvalue weighted by Crippen LogP contribution is -2.55. The van der Waals surface area contributed by atoms with Gasteiger partial charge in [0.2, 0.25) is 0 Å². The van der Waals surface area contributed by atoms with Crippen molar-refractivity contribution in [3.05, 3.63) is 0 Å². The zero-order valence-electron chi connectivity index (χ0n) is 15.0. The average molecular weight is 294 g/mol. The van der Waals surface area contributed by atoms with Gasteiger partial charge in [-0.2, -0.15) is 0 Å². The topological polar surface area (TPSA) is 29.5 Å². The van der Waals surface area contributed by atoms with Gasteiger partial charge in [0, 0.05) is 0 Å². The van der Waals surface area contributed by atoms with Gasteiger partial charge in [0.05, 0.1) is 5.60 Å². The normalized spacial score (nSPS) is 52.0. The molecule has 0 radical (unpaired) electrons. The minimum atomic E-state index is -1.05. The highest BCUT2D eigenvalue weighted by Gasteiger charge is 2.70. The van der Waals surface area contributed by atoms with Crippen LogP contribution >= 0.6 is 0 Å². The second-order valence-electron chi connectivity index (χ2n) is 9.68. The Morgan fingerprint density at radius 3 is 2.14 bits per heavy atom. The Hall–Kier alpha value is -0.0800. The van der Waals surface area contributed by atoms with Crippen molar-refractivity contribution in [2.75, 3.05) is 0 Å². The zero-order chi connectivity index (χ0) is 15.8. The first-order valence-electron chi connectivity index (χ1n) is 8.86. The van der Waals surface area contributed by atoms with Crippen LogP contribution in [0.25, 0.3) is 0 Å². The lowest BCUT2D eigenvalue weighted by Gasteiger charge is -2.53. The van der Waals surface area contributed by atoms with Crippen molar-refractivity contribution in [3.63, 3.8) is 0 Å². The highest BCUT2D eigenvalue weighted by atomic mass is 16.6. The standard InChI is InChI=1S/C19H34O2/c1-12-8-9-14-16(3,4)15-11-19(12,14)10-13(2)18(15,7)21-17(5,6)20/h12-15,20H,8-11H2,1-7H3/t12-,13?,14+,15-,18+,19+/m1/s1. The van der Waals surface area contributed by atoms with Crippen LogP contribution < -0.4 is 0 Å². The maximum Gasteiger partial charge on any atom is 0.160 e. The minimum Gasteiger partial charge on any atom is -0.366 e. The van der Waals surface area contributed by atoms with Gasteiger partial charge in [-0.05, 0) is 81.0 Å². The summed E-state index contributed by atoms with van der Waals surface area (Å²) in [5, 5.41) is 10.3. The van der Waals surface area contributed by atoms with E-state index >= 15 is 0 Å². The summed E-state index contributed by atoms with van der Waals surface area (Å²) < 4.78 is 6.30. The van der Waals surface area contributed by atoms with Crippen LogP contribution in [-0.4, -0.2) is 16.5 Å². The van der Waals surface area contributed by atoms with Crippen molar-refractivity contribution < 1.29 is 9.84 Å². The molecule has 3 fully saturated rings. The van der Waals surface area contributed by atoms with Gasteiger partial charge in [0.15, 0.2) is 5.79 Å². The molecule has 0 aromatic carbocycles. The smallest absolute Gasteiger partial charge is 0.160 e. The number of hydrogen-bond acceptors (Lipinski definition) is 2. The highest BCUT2D eigenvalue weighted by molar-refractivity contribution is 5.19. The summed E-state index contributed by atoms with van der Waals surface area (Å²) >= 11 is 0. The molecule has 2 nitrogen and oxygen atoms in total. The molecule has 0 saturated heterocycles. The fraction of sp³-hybridized carbons (Fsp3) is 1.00. The molecule has 1 N–H and O–H groups in total. The van der Waals surface area contributed by atoms with E-state index in [4.69, 9.17) is 4.74 Å². The number of ether oxygens (including phenoxy) is 1. The number of hydrogen-bond donors (Lipinski definition) is 1. The predicted molar refractivity (Wildman–Crippen MR) is 85.8 cm³/mol. The van der Waals surface area contributed by atoms with Crippen LogP contribution in [0.5, 0.6) is 0 Å². The van der Waals surface area contributed by atoms with Gasteiger partial charge in [-0.1, -0.05) is 27.7 Å². The third-order valence-corrected chi connectivity index (χ3v) is 7.77. The minimum absolute atomic E-state index is 0.211. The lowest BCUT2D eigenvalue weighted by atomic mass is 9.59. The molecule has 1 unspecified atom stereocenters.